The number of anilines is 1. The van der Waals surface area contributed by atoms with Crippen LogP contribution in [0.4, 0.5) is 18.9 Å². The maximum Gasteiger partial charge on any atom is 0.432 e. The second kappa shape index (κ2) is 11.3. The molecule has 9 heteroatoms. The van der Waals surface area contributed by atoms with Crippen LogP contribution in [0.1, 0.15) is 21.5 Å². The summed E-state index contributed by atoms with van der Waals surface area (Å²) in [6, 6.07) is 20.0. The van der Waals surface area contributed by atoms with Crippen molar-refractivity contribution in [2.24, 2.45) is 0 Å². The molecule has 0 amide bonds. The molecule has 0 saturated heterocycles. The standard InChI is InChI=1S/C25H20ClF3N2O2S/c1-34-19-12-6-16(7-13-19)15-33-24(32)18-10-8-17(9-11-18)22(14-23(30)25(27,28)29)31-21-5-3-2-4-20(21)26/h2-14,30-31H,15H2,1H3/b22-14-,30-23?. The predicted octanol–water partition coefficient (Wildman–Crippen LogP) is 7.45. The first kappa shape index (κ1) is 25.4. The van der Waals surface area contributed by atoms with Crippen LogP contribution in [0.3, 0.4) is 0 Å². The highest BCUT2D eigenvalue weighted by Crippen LogP contribution is 2.27. The zero-order valence-electron chi connectivity index (χ0n) is 17.9. The van der Waals surface area contributed by atoms with E-state index in [1.807, 2.05) is 30.5 Å². The topological polar surface area (TPSA) is 62.2 Å². The summed E-state index contributed by atoms with van der Waals surface area (Å²) in [5.74, 6) is -0.562. The van der Waals surface area contributed by atoms with Crippen LogP contribution in [-0.2, 0) is 11.3 Å². The van der Waals surface area contributed by atoms with Crippen LogP contribution in [0.15, 0.2) is 83.8 Å². The van der Waals surface area contributed by atoms with Gasteiger partial charge in [0.25, 0.3) is 0 Å². The van der Waals surface area contributed by atoms with Gasteiger partial charge in [-0.2, -0.15) is 13.2 Å². The minimum Gasteiger partial charge on any atom is -0.457 e. The van der Waals surface area contributed by atoms with E-state index < -0.39 is 17.9 Å². The Hall–Kier alpha value is -3.23. The van der Waals surface area contributed by atoms with E-state index >= 15 is 0 Å². The van der Waals surface area contributed by atoms with Crippen LogP contribution >= 0.6 is 23.4 Å². The lowest BCUT2D eigenvalue weighted by molar-refractivity contribution is -0.0583. The Balaban J connectivity index is 1.78. The molecular weight excluding hydrogens is 485 g/mol. The predicted molar refractivity (Wildman–Crippen MR) is 131 cm³/mol. The van der Waals surface area contributed by atoms with Crippen molar-refractivity contribution in [2.75, 3.05) is 11.6 Å². The van der Waals surface area contributed by atoms with E-state index in [9.17, 15) is 18.0 Å². The average molecular weight is 505 g/mol. The summed E-state index contributed by atoms with van der Waals surface area (Å²) in [7, 11) is 0. The molecule has 0 saturated carbocycles. The third-order valence-corrected chi connectivity index (χ3v) is 5.77. The number of benzene rings is 3. The van der Waals surface area contributed by atoms with E-state index in [0.29, 0.717) is 22.3 Å². The third-order valence-electron chi connectivity index (χ3n) is 4.70. The minimum atomic E-state index is -4.81. The zero-order valence-corrected chi connectivity index (χ0v) is 19.5. The lowest BCUT2D eigenvalue weighted by Crippen LogP contribution is -2.20. The van der Waals surface area contributed by atoms with Crippen LogP contribution in [0, 0.1) is 5.41 Å². The number of hydrogen-bond acceptors (Lipinski definition) is 5. The average Bonchev–Trinajstić information content (AvgIpc) is 2.83. The number of allylic oxidation sites excluding steroid dienone is 1. The Bertz CT molecular complexity index is 1190. The number of para-hydroxylation sites is 1. The van der Waals surface area contributed by atoms with Gasteiger partial charge in [0.1, 0.15) is 12.3 Å². The van der Waals surface area contributed by atoms with Gasteiger partial charge >= 0.3 is 12.1 Å². The number of rotatable bonds is 8. The molecule has 0 aromatic heterocycles. The number of alkyl halides is 3. The summed E-state index contributed by atoms with van der Waals surface area (Å²) in [5, 5.41) is 10.5. The SMILES string of the molecule is CSc1ccc(COC(=O)c2ccc(/C(=C/C(=N)C(F)(F)F)Nc3ccccc3Cl)cc2)cc1. The minimum absolute atomic E-state index is 0.00391. The van der Waals surface area contributed by atoms with E-state index in [1.54, 1.807) is 36.0 Å². The number of halogens is 4. The summed E-state index contributed by atoms with van der Waals surface area (Å²) in [4.78, 5) is 13.5. The quantitative estimate of drug-likeness (QED) is 0.190. The molecule has 0 radical (unpaired) electrons. The molecule has 176 valence electrons. The van der Waals surface area contributed by atoms with E-state index in [2.05, 4.69) is 5.32 Å². The van der Waals surface area contributed by atoms with Crippen molar-refractivity contribution < 1.29 is 22.7 Å². The Morgan fingerprint density at radius 1 is 1.03 bits per heavy atom. The molecule has 0 aliphatic rings. The van der Waals surface area contributed by atoms with Crippen molar-refractivity contribution in [3.8, 4) is 0 Å². The molecule has 34 heavy (non-hydrogen) atoms. The van der Waals surface area contributed by atoms with Crippen molar-refractivity contribution >= 4 is 46.4 Å². The Morgan fingerprint density at radius 3 is 2.24 bits per heavy atom. The highest BCUT2D eigenvalue weighted by Gasteiger charge is 2.33. The molecule has 0 aliphatic carbocycles. The van der Waals surface area contributed by atoms with Crippen molar-refractivity contribution in [2.45, 2.75) is 17.7 Å². The first-order valence-corrected chi connectivity index (χ1v) is 11.6. The van der Waals surface area contributed by atoms with Gasteiger partial charge in [0.2, 0.25) is 0 Å². The Labute approximate surface area is 204 Å². The normalized spacial score (nSPS) is 11.7. The molecule has 0 heterocycles. The summed E-state index contributed by atoms with van der Waals surface area (Å²) >= 11 is 7.73. The second-order valence-electron chi connectivity index (χ2n) is 7.08. The molecule has 3 rings (SSSR count). The molecule has 2 N–H and O–H groups in total. The number of ether oxygens (including phenoxy) is 1. The molecule has 0 bridgehead atoms. The molecule has 0 atom stereocenters. The van der Waals surface area contributed by atoms with Gasteiger partial charge in [-0.3, -0.25) is 5.41 Å². The number of carbonyl (C=O) groups is 1. The van der Waals surface area contributed by atoms with Crippen LogP contribution in [-0.4, -0.2) is 24.1 Å². The van der Waals surface area contributed by atoms with Gasteiger partial charge in [-0.1, -0.05) is 48.0 Å². The van der Waals surface area contributed by atoms with Crippen molar-refractivity contribution in [1.82, 2.24) is 0 Å². The summed E-state index contributed by atoms with van der Waals surface area (Å²) < 4.78 is 44.3. The van der Waals surface area contributed by atoms with Crippen molar-refractivity contribution in [3.05, 3.63) is 101 Å². The maximum atomic E-state index is 13.0. The highest BCUT2D eigenvalue weighted by atomic mass is 35.5. The van der Waals surface area contributed by atoms with Crippen molar-refractivity contribution in [3.63, 3.8) is 0 Å². The Morgan fingerprint density at radius 2 is 1.65 bits per heavy atom. The first-order valence-electron chi connectivity index (χ1n) is 9.97. The van der Waals surface area contributed by atoms with Crippen LogP contribution in [0.25, 0.3) is 5.70 Å². The van der Waals surface area contributed by atoms with Gasteiger partial charge in [-0.05, 0) is 59.9 Å². The molecule has 0 unspecified atom stereocenters. The molecule has 3 aromatic carbocycles. The fourth-order valence-electron chi connectivity index (χ4n) is 2.87. The number of thioether (sulfide) groups is 1. The van der Waals surface area contributed by atoms with Gasteiger partial charge in [-0.15, -0.1) is 11.8 Å². The molecule has 0 fully saturated rings. The molecular formula is C25H20ClF3N2O2S. The van der Waals surface area contributed by atoms with Crippen molar-refractivity contribution in [1.29, 1.82) is 5.41 Å². The van der Waals surface area contributed by atoms with Gasteiger partial charge in [0, 0.05) is 10.6 Å². The Kier molecular flexibility index (Phi) is 8.41. The monoisotopic (exact) mass is 504 g/mol. The summed E-state index contributed by atoms with van der Waals surface area (Å²) in [6.45, 7) is 0.0945. The fourth-order valence-corrected chi connectivity index (χ4v) is 3.46. The number of nitrogens with one attached hydrogen (secondary N) is 2. The number of hydrogen-bond donors (Lipinski definition) is 2. The zero-order chi connectivity index (χ0) is 24.7. The maximum absolute atomic E-state index is 13.0. The van der Waals surface area contributed by atoms with Crippen LogP contribution in [0.5, 0.6) is 0 Å². The molecule has 0 spiro atoms. The van der Waals surface area contributed by atoms with Crippen LogP contribution < -0.4 is 5.32 Å². The smallest absolute Gasteiger partial charge is 0.432 e. The highest BCUT2D eigenvalue weighted by molar-refractivity contribution is 7.98. The van der Waals surface area contributed by atoms with E-state index in [0.717, 1.165) is 10.5 Å². The van der Waals surface area contributed by atoms with E-state index in [4.69, 9.17) is 21.7 Å². The van der Waals surface area contributed by atoms with Crippen LogP contribution in [0.2, 0.25) is 5.02 Å². The van der Waals surface area contributed by atoms with E-state index in [-0.39, 0.29) is 17.9 Å². The third kappa shape index (κ3) is 6.88. The van der Waals surface area contributed by atoms with E-state index in [1.165, 1.54) is 24.3 Å². The molecule has 0 aliphatic heterocycles. The lowest BCUT2D eigenvalue weighted by Gasteiger charge is -2.15. The van der Waals surface area contributed by atoms with Gasteiger partial charge in [0.15, 0.2) is 0 Å². The largest absolute Gasteiger partial charge is 0.457 e. The lowest BCUT2D eigenvalue weighted by atomic mass is 10.1. The molecule has 4 nitrogen and oxygen atoms in total. The number of carbonyl (C=O) groups excluding carboxylic acids is 1. The molecule has 3 aromatic rings. The second-order valence-corrected chi connectivity index (χ2v) is 8.36. The fraction of sp³-hybridized carbons (Fsp3) is 0.120. The summed E-state index contributed by atoms with van der Waals surface area (Å²) in [5.41, 5.74) is 0.261. The summed E-state index contributed by atoms with van der Waals surface area (Å²) in [6.07, 6.45) is -2.17. The number of esters is 1. The first-order chi connectivity index (χ1) is 16.2. The van der Waals surface area contributed by atoms with Gasteiger partial charge < -0.3 is 10.1 Å². The van der Waals surface area contributed by atoms with Gasteiger partial charge in [-0.25, -0.2) is 4.79 Å². The van der Waals surface area contributed by atoms with Gasteiger partial charge in [0.05, 0.1) is 16.3 Å².